The number of unbranched alkanes of at least 4 members (excludes halogenated alkanes) is 4. The van der Waals surface area contributed by atoms with Crippen molar-refractivity contribution in [1.29, 1.82) is 0 Å². The number of nitrogens with zero attached hydrogens (tertiary/aromatic N) is 4. The summed E-state index contributed by atoms with van der Waals surface area (Å²) in [5.74, 6) is -0.832. The van der Waals surface area contributed by atoms with Crippen molar-refractivity contribution < 1.29 is 19.5 Å². The number of carbonyl (C=O) groups is 2. The molecule has 0 aromatic carbocycles. The summed E-state index contributed by atoms with van der Waals surface area (Å²) in [5, 5.41) is 17.1. The summed E-state index contributed by atoms with van der Waals surface area (Å²) in [6.07, 6.45) is 5.45. The predicted molar refractivity (Wildman–Crippen MR) is 87.4 cm³/mol. The Hall–Kier alpha value is -1.83. The Morgan fingerprint density at radius 3 is 2.67 bits per heavy atom. The van der Waals surface area contributed by atoms with Crippen LogP contribution in [0.25, 0.3) is 10.4 Å². The Balaban J connectivity index is 1.88. The van der Waals surface area contributed by atoms with E-state index in [0.29, 0.717) is 19.4 Å². The highest BCUT2D eigenvalue weighted by Gasteiger charge is 2.32. The Morgan fingerprint density at radius 2 is 2.00 bits per heavy atom. The van der Waals surface area contributed by atoms with Crippen LogP contribution in [0, 0.1) is 0 Å². The van der Waals surface area contributed by atoms with Gasteiger partial charge in [0.1, 0.15) is 0 Å². The molecule has 1 heterocycles. The third kappa shape index (κ3) is 8.71. The predicted octanol–water partition coefficient (Wildman–Crippen LogP) is 2.02. The Morgan fingerprint density at radius 1 is 1.29 bits per heavy atom. The number of hydrogen-bond donors (Lipinski definition) is 2. The topological polar surface area (TPSA) is 128 Å². The normalized spacial score (nSPS) is 17.0. The van der Waals surface area contributed by atoms with Crippen molar-refractivity contribution in [2.45, 2.75) is 64.0 Å². The van der Waals surface area contributed by atoms with Gasteiger partial charge < -0.3 is 15.3 Å². The molecule has 1 aliphatic rings. The number of amides is 1. The van der Waals surface area contributed by atoms with Crippen molar-refractivity contribution in [3.63, 3.8) is 0 Å². The van der Waals surface area contributed by atoms with Crippen LogP contribution in [0.1, 0.15) is 57.8 Å². The summed E-state index contributed by atoms with van der Waals surface area (Å²) >= 11 is 0. The van der Waals surface area contributed by atoms with Gasteiger partial charge in [-0.15, -0.1) is 5.06 Å². The Labute approximate surface area is 141 Å². The average molecular weight is 341 g/mol. The Bertz CT molecular complexity index is 440. The molecule has 0 radical (unpaired) electrons. The molecular weight excluding hydrogens is 314 g/mol. The molecule has 1 fully saturated rings. The highest BCUT2D eigenvalue weighted by atomic mass is 16.7. The van der Waals surface area contributed by atoms with E-state index in [1.807, 2.05) is 0 Å². The molecule has 2 N–H and O–H groups in total. The molecule has 136 valence electrons. The highest BCUT2D eigenvalue weighted by Crippen LogP contribution is 2.17. The van der Waals surface area contributed by atoms with Crippen LogP contribution >= 0.6 is 0 Å². The fourth-order valence-electron chi connectivity index (χ4n) is 2.39. The molecule has 1 amide bonds. The van der Waals surface area contributed by atoms with E-state index in [4.69, 9.17) is 10.4 Å². The van der Waals surface area contributed by atoms with Crippen molar-refractivity contribution in [2.24, 2.45) is 5.11 Å². The molecule has 24 heavy (non-hydrogen) atoms. The summed E-state index contributed by atoms with van der Waals surface area (Å²) in [6, 6.07) is 0. The number of aliphatic hydroxyl groups is 1. The minimum atomic E-state index is -1.00. The minimum absolute atomic E-state index is 0.212. The molecule has 0 aromatic heterocycles. The number of hydrogen-bond acceptors (Lipinski definition) is 6. The summed E-state index contributed by atoms with van der Waals surface area (Å²) in [4.78, 5) is 30.5. The lowest BCUT2D eigenvalue weighted by molar-refractivity contribution is -0.220. The van der Waals surface area contributed by atoms with Gasteiger partial charge in [0.25, 0.3) is 5.91 Å². The van der Waals surface area contributed by atoms with Gasteiger partial charge >= 0.3 is 5.97 Å². The van der Waals surface area contributed by atoms with Gasteiger partial charge in [0.05, 0.1) is 0 Å². The van der Waals surface area contributed by atoms with Gasteiger partial charge in [0, 0.05) is 30.7 Å². The molecule has 9 nitrogen and oxygen atoms in total. The van der Waals surface area contributed by atoms with E-state index in [1.54, 1.807) is 0 Å². The van der Waals surface area contributed by atoms with E-state index in [1.165, 1.54) is 0 Å². The molecule has 1 saturated heterocycles. The first-order chi connectivity index (χ1) is 11.6. The zero-order valence-electron chi connectivity index (χ0n) is 14.0. The van der Waals surface area contributed by atoms with Crippen LogP contribution in [0.2, 0.25) is 0 Å². The van der Waals surface area contributed by atoms with Crippen LogP contribution in [0.5, 0.6) is 0 Å². The van der Waals surface area contributed by atoms with E-state index in [9.17, 15) is 14.7 Å². The molecule has 0 bridgehead atoms. The van der Waals surface area contributed by atoms with Gasteiger partial charge in [-0.3, -0.25) is 4.79 Å². The van der Waals surface area contributed by atoms with Crippen LogP contribution in [0.3, 0.4) is 0 Å². The number of carbonyl (C=O) groups excluding carboxylic acids is 2. The summed E-state index contributed by atoms with van der Waals surface area (Å²) in [5.41, 5.74) is 8.13. The maximum Gasteiger partial charge on any atom is 0.332 e. The van der Waals surface area contributed by atoms with Crippen molar-refractivity contribution >= 4 is 11.9 Å². The SMILES string of the molecule is [N-]=[N+]=NCCCCCCNCCCCC(=O)ON1C(=O)CCC1O. The standard InChI is InChI=1S/C15H27N5O4/c16-19-18-12-5-2-1-4-10-17-11-6-3-7-15(23)24-20-13(21)8-9-14(20)22/h13,17,21H,1-12H2. The second kappa shape index (κ2) is 12.6. The van der Waals surface area contributed by atoms with Gasteiger partial charge in [-0.2, -0.15) is 0 Å². The van der Waals surface area contributed by atoms with Crippen LogP contribution in [0.4, 0.5) is 0 Å². The zero-order chi connectivity index (χ0) is 17.6. The molecule has 0 saturated carbocycles. The molecular formula is C15H27N5O4. The largest absolute Gasteiger partial charge is 0.370 e. The molecule has 1 atom stereocenters. The number of rotatable bonds is 13. The van der Waals surface area contributed by atoms with Gasteiger partial charge in [-0.05, 0) is 44.3 Å². The van der Waals surface area contributed by atoms with E-state index in [-0.39, 0.29) is 18.7 Å². The number of nitrogens with one attached hydrogen (secondary N) is 1. The first-order valence-corrected chi connectivity index (χ1v) is 8.57. The van der Waals surface area contributed by atoms with Gasteiger partial charge in [-0.25, -0.2) is 4.79 Å². The second-order valence-corrected chi connectivity index (χ2v) is 5.78. The first-order valence-electron chi connectivity index (χ1n) is 8.57. The maximum atomic E-state index is 11.6. The maximum absolute atomic E-state index is 11.6. The first kappa shape index (κ1) is 20.2. The highest BCUT2D eigenvalue weighted by molar-refractivity contribution is 5.79. The van der Waals surface area contributed by atoms with Crippen LogP contribution < -0.4 is 5.32 Å². The summed E-state index contributed by atoms with van der Waals surface area (Å²) in [6.45, 7) is 2.33. The van der Waals surface area contributed by atoms with Crippen molar-refractivity contribution in [3.05, 3.63) is 10.4 Å². The van der Waals surface area contributed by atoms with Gasteiger partial charge in [0.15, 0.2) is 6.23 Å². The molecule has 0 spiro atoms. The zero-order valence-corrected chi connectivity index (χ0v) is 14.0. The van der Waals surface area contributed by atoms with Crippen molar-refractivity contribution in [1.82, 2.24) is 10.4 Å². The third-order valence-electron chi connectivity index (χ3n) is 3.74. The molecule has 0 aliphatic carbocycles. The van der Waals surface area contributed by atoms with E-state index in [2.05, 4.69) is 15.3 Å². The van der Waals surface area contributed by atoms with Crippen molar-refractivity contribution in [2.75, 3.05) is 19.6 Å². The minimum Gasteiger partial charge on any atom is -0.370 e. The van der Waals surface area contributed by atoms with Crippen LogP contribution in [-0.2, 0) is 14.4 Å². The lowest BCUT2D eigenvalue weighted by Gasteiger charge is -2.18. The molecule has 9 heteroatoms. The van der Waals surface area contributed by atoms with Crippen molar-refractivity contribution in [3.8, 4) is 0 Å². The lowest BCUT2D eigenvalue weighted by Crippen LogP contribution is -2.35. The molecule has 1 rings (SSSR count). The number of azide groups is 1. The van der Waals surface area contributed by atoms with Gasteiger partial charge in [0.2, 0.25) is 0 Å². The second-order valence-electron chi connectivity index (χ2n) is 5.78. The van der Waals surface area contributed by atoms with Gasteiger partial charge in [-0.1, -0.05) is 18.0 Å². The number of hydroxylamine groups is 2. The average Bonchev–Trinajstić information content (AvgIpc) is 2.88. The van der Waals surface area contributed by atoms with E-state index >= 15 is 0 Å². The summed E-state index contributed by atoms with van der Waals surface area (Å²) < 4.78 is 0. The van der Waals surface area contributed by atoms with Crippen LogP contribution in [-0.4, -0.2) is 47.9 Å². The van der Waals surface area contributed by atoms with E-state index in [0.717, 1.165) is 50.3 Å². The number of aliphatic hydroxyl groups excluding tert-OH is 1. The van der Waals surface area contributed by atoms with Crippen LogP contribution in [0.15, 0.2) is 5.11 Å². The Kier molecular flexibility index (Phi) is 10.6. The lowest BCUT2D eigenvalue weighted by atomic mass is 10.2. The fourth-order valence-corrected chi connectivity index (χ4v) is 2.39. The monoisotopic (exact) mass is 341 g/mol. The fraction of sp³-hybridized carbons (Fsp3) is 0.867. The molecule has 0 aromatic rings. The summed E-state index contributed by atoms with van der Waals surface area (Å²) in [7, 11) is 0. The third-order valence-corrected chi connectivity index (χ3v) is 3.74. The quantitative estimate of drug-likeness (QED) is 0.229. The molecule has 1 aliphatic heterocycles. The molecule has 1 unspecified atom stereocenters. The van der Waals surface area contributed by atoms with E-state index < -0.39 is 12.2 Å². The smallest absolute Gasteiger partial charge is 0.332 e.